The van der Waals surface area contributed by atoms with E-state index in [1.54, 1.807) is 46.3 Å². The first-order valence-electron chi connectivity index (χ1n) is 44.9. The van der Waals surface area contributed by atoms with Crippen molar-refractivity contribution in [2.45, 2.75) is 418 Å². The monoisotopic (exact) mass is 1520 g/mol. The number of anilines is 1. The number of nitriles is 3. The zero-order valence-electron chi connectivity index (χ0n) is 69.2. The zero-order valence-corrected chi connectivity index (χ0v) is 72.5. The van der Waals surface area contributed by atoms with E-state index in [9.17, 15) is 15.8 Å². The molecule has 0 amide bonds. The van der Waals surface area contributed by atoms with Gasteiger partial charge in [-0.1, -0.05) is 386 Å². The Morgan fingerprint density at radius 1 is 0.374 bits per heavy atom. The summed E-state index contributed by atoms with van der Waals surface area (Å²) in [7, 11) is 4.27. The van der Waals surface area contributed by atoms with Crippen LogP contribution >= 0.6 is 45.3 Å². The Morgan fingerprint density at radius 2 is 0.664 bits per heavy atom. The average molecular weight is 1520 g/mol. The number of benzene rings is 1. The molecule has 8 rings (SSSR count). The van der Waals surface area contributed by atoms with Crippen LogP contribution in [0.4, 0.5) is 5.69 Å². The zero-order chi connectivity index (χ0) is 75.8. The maximum absolute atomic E-state index is 10.7. The number of thiophene rings is 4. The number of nitrogens with zero attached hydrogens (tertiary/aromatic N) is 4. The molecule has 5 aromatic rings. The largest absolute Gasteiger partial charge is 0.480 e. The minimum Gasteiger partial charge on any atom is -0.480 e. The minimum absolute atomic E-state index is 0.0292. The quantitative estimate of drug-likeness (QED) is 0.0286. The topological polar surface area (TPSA) is 83.8 Å². The molecule has 588 valence electrons. The third kappa shape index (κ3) is 25.9. The van der Waals surface area contributed by atoms with E-state index in [2.05, 4.69) is 147 Å². The highest BCUT2D eigenvalue weighted by Gasteiger charge is 2.52. The number of unbranched alkanes of at least 4 members (excludes halogenated alkanes) is 48. The van der Waals surface area contributed by atoms with Crippen LogP contribution in [0.3, 0.4) is 0 Å². The molecule has 5 heterocycles. The second-order valence-electron chi connectivity index (χ2n) is 33.8. The summed E-state index contributed by atoms with van der Waals surface area (Å²) in [6.07, 6.45) is 85.0. The summed E-state index contributed by atoms with van der Waals surface area (Å²) in [6, 6.07) is 20.8. The lowest BCUT2D eigenvalue weighted by Gasteiger charge is -2.32. The second kappa shape index (κ2) is 48.9. The van der Waals surface area contributed by atoms with Crippen LogP contribution in [-0.2, 0) is 15.6 Å². The van der Waals surface area contributed by atoms with Crippen LogP contribution in [-0.4, -0.2) is 19.7 Å². The van der Waals surface area contributed by atoms with E-state index < -0.39 is 5.60 Å². The third-order valence-electron chi connectivity index (χ3n) is 24.6. The third-order valence-corrected chi connectivity index (χ3v) is 29.7. The van der Waals surface area contributed by atoms with Crippen LogP contribution in [0.5, 0.6) is 0 Å². The molecule has 0 bridgehead atoms. The fraction of sp³-hybridized carbons (Fsp3) is 0.684. The van der Waals surface area contributed by atoms with Crippen molar-refractivity contribution in [3.05, 3.63) is 103 Å². The highest BCUT2D eigenvalue weighted by atomic mass is 32.1. The van der Waals surface area contributed by atoms with Crippen molar-refractivity contribution in [1.29, 1.82) is 15.8 Å². The van der Waals surface area contributed by atoms with Crippen molar-refractivity contribution >= 4 is 78.7 Å². The van der Waals surface area contributed by atoms with Crippen LogP contribution in [0.2, 0.25) is 0 Å². The Balaban J connectivity index is 1.18. The van der Waals surface area contributed by atoms with Crippen LogP contribution < -0.4 is 4.90 Å². The molecule has 9 heteroatoms. The van der Waals surface area contributed by atoms with Gasteiger partial charge in [-0.15, -0.1) is 45.3 Å². The molecule has 1 aliphatic heterocycles. The van der Waals surface area contributed by atoms with Crippen molar-refractivity contribution in [1.82, 2.24) is 0 Å². The molecular weight excluding hydrogens is 1380 g/mol. The van der Waals surface area contributed by atoms with Gasteiger partial charge in [0.05, 0.1) is 19.2 Å². The first kappa shape index (κ1) is 87.9. The van der Waals surface area contributed by atoms with Crippen molar-refractivity contribution in [2.75, 3.05) is 19.0 Å². The Hall–Kier alpha value is -4.69. The lowest BCUT2D eigenvalue weighted by molar-refractivity contribution is 0.0954. The number of hydrogen-bond acceptors (Lipinski definition) is 9. The van der Waals surface area contributed by atoms with E-state index in [1.165, 1.54) is 385 Å². The van der Waals surface area contributed by atoms with Crippen LogP contribution in [0.15, 0.2) is 65.0 Å². The fourth-order valence-electron chi connectivity index (χ4n) is 18.2. The van der Waals surface area contributed by atoms with E-state index >= 15 is 0 Å². The van der Waals surface area contributed by atoms with Gasteiger partial charge in [-0.3, -0.25) is 0 Å². The smallest absolute Gasteiger partial charge is 0.172 e. The predicted octanol–water partition coefficient (Wildman–Crippen LogP) is 33.7. The number of allylic oxidation sites excluding steroid dienone is 2. The highest BCUT2D eigenvalue weighted by Crippen LogP contribution is 2.69. The van der Waals surface area contributed by atoms with Crippen LogP contribution in [0.25, 0.3) is 47.1 Å². The normalized spacial score (nSPS) is 14.5. The number of ether oxygens (including phenoxy) is 1. The number of fused-ring (bicyclic) bond motifs is 9. The molecule has 107 heavy (non-hydrogen) atoms. The van der Waals surface area contributed by atoms with Crippen molar-refractivity contribution in [2.24, 2.45) is 0 Å². The molecule has 0 spiro atoms. The molecule has 3 aliphatic rings. The fourth-order valence-corrected chi connectivity index (χ4v) is 24.1. The predicted molar refractivity (Wildman–Crippen MR) is 474 cm³/mol. The Bertz CT molecular complexity index is 3550. The maximum Gasteiger partial charge on any atom is 0.172 e. The average Bonchev–Trinajstić information content (AvgIpc) is 1.50. The standard InChI is InChI=1S/C98H146N4OS4/c1-9-13-17-21-25-29-33-37-41-45-49-53-57-69-97(70-58-54-50-46-42-38-34-30-26-22-18-14-10-2)85-73-81(66-63-78-61-64-80(65-62-78)102(7)8)104-90(85)92-87(97)94-95(106-92)88-93(107-94)91-86(74-82(105-91)67-68-84-83(77-101)89(79(75-99)76-100)103-96(84,5)6)98(88,71-59-55-51-47-43-39-35-31-27-23-19-15-11-3)72-60-56-52-48-44-40-36-32-28-24-20-16-12-4/h61-68,73-74H,9-60,69-72H2,1-8H3/b66-63+,68-67+. The van der Waals surface area contributed by atoms with Gasteiger partial charge in [-0.25, -0.2) is 0 Å². The van der Waals surface area contributed by atoms with E-state index in [0.717, 1.165) is 5.57 Å². The molecule has 4 aromatic heterocycles. The number of rotatable bonds is 61. The Labute approximate surface area is 671 Å². The molecule has 0 saturated heterocycles. The van der Waals surface area contributed by atoms with Gasteiger partial charge in [0.1, 0.15) is 29.4 Å². The van der Waals surface area contributed by atoms with Crippen LogP contribution in [0, 0.1) is 34.0 Å². The Morgan fingerprint density at radius 3 is 0.944 bits per heavy atom. The van der Waals surface area contributed by atoms with E-state index in [0.29, 0.717) is 0 Å². The lowest BCUT2D eigenvalue weighted by atomic mass is 9.70. The lowest BCUT2D eigenvalue weighted by Crippen LogP contribution is -2.26. The van der Waals surface area contributed by atoms with Gasteiger partial charge in [-0.2, -0.15) is 15.8 Å². The molecule has 2 aliphatic carbocycles. The first-order valence-corrected chi connectivity index (χ1v) is 48.1. The van der Waals surface area contributed by atoms with Gasteiger partial charge in [0.25, 0.3) is 0 Å². The maximum atomic E-state index is 10.7. The van der Waals surface area contributed by atoms with Crippen molar-refractivity contribution < 1.29 is 4.74 Å². The van der Waals surface area contributed by atoms with E-state index in [4.69, 9.17) is 4.74 Å². The van der Waals surface area contributed by atoms with Gasteiger partial charge in [-0.05, 0) is 92.6 Å². The van der Waals surface area contributed by atoms with E-state index in [-0.39, 0.29) is 27.7 Å². The molecule has 1 aromatic carbocycles. The molecule has 0 fully saturated rings. The van der Waals surface area contributed by atoms with Gasteiger partial charge in [0.15, 0.2) is 11.3 Å². The number of hydrogen-bond donors (Lipinski definition) is 0. The summed E-state index contributed by atoms with van der Waals surface area (Å²) in [4.78, 5) is 11.0. The summed E-state index contributed by atoms with van der Waals surface area (Å²) in [5, 5.41) is 30.7. The minimum atomic E-state index is -0.878. The van der Waals surface area contributed by atoms with E-state index in [1.807, 2.05) is 37.3 Å². The van der Waals surface area contributed by atoms with Crippen molar-refractivity contribution in [3.63, 3.8) is 0 Å². The molecule has 5 nitrogen and oxygen atoms in total. The summed E-state index contributed by atoms with van der Waals surface area (Å²) in [5.74, 6) is 0.105. The molecule has 0 saturated carbocycles. The summed E-state index contributed by atoms with van der Waals surface area (Å²) in [5.41, 5.74) is 8.96. The highest BCUT2D eigenvalue weighted by molar-refractivity contribution is 7.34. The van der Waals surface area contributed by atoms with Crippen molar-refractivity contribution in [3.8, 4) is 37.7 Å². The molecule has 0 N–H and O–H groups in total. The summed E-state index contributed by atoms with van der Waals surface area (Å²) >= 11 is 8.48. The summed E-state index contributed by atoms with van der Waals surface area (Å²) < 4.78 is 9.58. The molecular formula is C98H146N4OS4. The van der Waals surface area contributed by atoms with Gasteiger partial charge in [0, 0.05) is 66.8 Å². The first-order chi connectivity index (χ1) is 52.4. The molecule has 0 unspecified atom stereocenters. The Kier molecular flexibility index (Phi) is 40.2. The SMILES string of the molecule is CCCCCCCCCCCCCCCC1(CCCCCCCCCCCCCCC)c2cc(/C=C/C3=C(C#N)C(=C(C#N)C#N)OC3(C)C)sc2-c2sc3c4c(sc3c21)-c1sc(/C=C/c2ccc(N(C)C)cc2)cc1C4(CCCCCCCCCCCCCCC)CCCCCCCCCCCCCCC. The molecule has 0 radical (unpaired) electrons. The van der Waals surface area contributed by atoms with Gasteiger partial charge >= 0.3 is 0 Å². The van der Waals surface area contributed by atoms with Gasteiger partial charge in [0.2, 0.25) is 0 Å². The summed E-state index contributed by atoms with van der Waals surface area (Å²) in [6.45, 7) is 13.2. The van der Waals surface area contributed by atoms with Crippen LogP contribution in [0.1, 0.15) is 439 Å². The van der Waals surface area contributed by atoms with Gasteiger partial charge < -0.3 is 9.64 Å². The molecule has 0 atom stereocenters. The second-order valence-corrected chi connectivity index (χ2v) is 38.0.